The van der Waals surface area contributed by atoms with Crippen molar-refractivity contribution in [2.75, 3.05) is 6.61 Å². The molecule has 0 saturated heterocycles. The molecular formula is C21H18ClNO5. The number of halogens is 1. The lowest BCUT2D eigenvalue weighted by Crippen LogP contribution is -2.28. The lowest BCUT2D eigenvalue weighted by Gasteiger charge is -2.11. The fourth-order valence-electron chi connectivity index (χ4n) is 2.36. The second kappa shape index (κ2) is 9.62. The van der Waals surface area contributed by atoms with Crippen LogP contribution in [0.15, 0.2) is 71.3 Å². The van der Waals surface area contributed by atoms with Gasteiger partial charge in [-0.1, -0.05) is 35.9 Å². The number of benzene rings is 2. The van der Waals surface area contributed by atoms with E-state index in [0.29, 0.717) is 16.5 Å². The summed E-state index contributed by atoms with van der Waals surface area (Å²) in [6.45, 7) is 0.0975. The molecule has 0 fully saturated rings. The van der Waals surface area contributed by atoms with Gasteiger partial charge in [0.1, 0.15) is 23.7 Å². The van der Waals surface area contributed by atoms with Gasteiger partial charge in [0.15, 0.2) is 6.61 Å². The number of amides is 1. The minimum Gasteiger partial charge on any atom is -0.488 e. The number of nitrogens with one attached hydrogen (secondary N) is 1. The first-order valence-corrected chi connectivity index (χ1v) is 8.92. The summed E-state index contributed by atoms with van der Waals surface area (Å²) in [5.74, 6) is -0.0803. The van der Waals surface area contributed by atoms with Crippen molar-refractivity contribution in [2.45, 2.75) is 13.2 Å². The van der Waals surface area contributed by atoms with Crippen LogP contribution in [0.2, 0.25) is 5.02 Å². The number of carbonyl (C=O) groups is 2. The van der Waals surface area contributed by atoms with Crippen LogP contribution >= 0.6 is 11.6 Å². The van der Waals surface area contributed by atoms with Gasteiger partial charge < -0.3 is 19.2 Å². The Morgan fingerprint density at radius 3 is 2.54 bits per heavy atom. The molecule has 0 aliphatic heterocycles. The highest BCUT2D eigenvalue weighted by Crippen LogP contribution is 2.21. The van der Waals surface area contributed by atoms with E-state index in [2.05, 4.69) is 5.32 Å². The lowest BCUT2D eigenvalue weighted by molar-refractivity contribution is -0.124. The minimum absolute atomic E-state index is 0.226. The number of carbonyl (C=O) groups excluding carboxylic acids is 2. The van der Waals surface area contributed by atoms with E-state index in [9.17, 15) is 9.59 Å². The van der Waals surface area contributed by atoms with Crippen LogP contribution in [0.25, 0.3) is 0 Å². The van der Waals surface area contributed by atoms with E-state index in [1.54, 1.807) is 48.5 Å². The van der Waals surface area contributed by atoms with Crippen molar-refractivity contribution in [2.24, 2.45) is 0 Å². The Hall–Kier alpha value is -3.25. The second-order valence-electron chi connectivity index (χ2n) is 5.84. The van der Waals surface area contributed by atoms with Gasteiger partial charge in [0, 0.05) is 5.02 Å². The summed E-state index contributed by atoms with van der Waals surface area (Å²) in [6.07, 6.45) is 1.52. The third-order valence-corrected chi connectivity index (χ3v) is 4.04. The van der Waals surface area contributed by atoms with Crippen molar-refractivity contribution in [3.05, 3.63) is 88.8 Å². The van der Waals surface area contributed by atoms with Gasteiger partial charge in [0.25, 0.3) is 5.91 Å². The summed E-state index contributed by atoms with van der Waals surface area (Å²) in [4.78, 5) is 24.2. The zero-order valence-electron chi connectivity index (χ0n) is 14.9. The van der Waals surface area contributed by atoms with Crippen LogP contribution in [0.3, 0.4) is 0 Å². The normalized spacial score (nSPS) is 10.3. The Kier molecular flexibility index (Phi) is 6.70. The van der Waals surface area contributed by atoms with Crippen LogP contribution in [0.1, 0.15) is 21.7 Å². The van der Waals surface area contributed by atoms with Gasteiger partial charge in [-0.05, 0) is 42.0 Å². The Morgan fingerprint density at radius 1 is 1.00 bits per heavy atom. The Balaban J connectivity index is 1.53. The molecule has 3 aromatic rings. The molecule has 1 heterocycles. The molecule has 0 bridgehead atoms. The van der Waals surface area contributed by atoms with Crippen LogP contribution in [-0.2, 0) is 22.7 Å². The van der Waals surface area contributed by atoms with Crippen LogP contribution in [0, 0.1) is 0 Å². The monoisotopic (exact) mass is 399 g/mol. The van der Waals surface area contributed by atoms with Crippen LogP contribution in [0.4, 0.5) is 0 Å². The Labute approximate surface area is 167 Å². The molecule has 0 unspecified atom stereocenters. The first-order valence-electron chi connectivity index (χ1n) is 8.54. The average Bonchev–Trinajstić information content (AvgIpc) is 3.24. The molecule has 0 aliphatic rings. The first-order chi connectivity index (χ1) is 13.6. The smallest absolute Gasteiger partial charge is 0.342 e. The van der Waals surface area contributed by atoms with E-state index < -0.39 is 18.5 Å². The van der Waals surface area contributed by atoms with E-state index in [1.807, 2.05) is 12.1 Å². The molecule has 28 heavy (non-hydrogen) atoms. The molecule has 144 valence electrons. The topological polar surface area (TPSA) is 77.8 Å². The molecule has 0 spiro atoms. The zero-order valence-corrected chi connectivity index (χ0v) is 15.6. The van der Waals surface area contributed by atoms with Gasteiger partial charge in [0.05, 0.1) is 12.8 Å². The maximum atomic E-state index is 12.3. The van der Waals surface area contributed by atoms with E-state index in [0.717, 1.165) is 5.56 Å². The molecule has 6 nitrogen and oxygen atoms in total. The molecule has 1 aromatic heterocycles. The van der Waals surface area contributed by atoms with Crippen LogP contribution in [0.5, 0.6) is 5.75 Å². The van der Waals surface area contributed by atoms with Crippen molar-refractivity contribution in [3.63, 3.8) is 0 Å². The predicted octanol–water partition coefficient (Wildman–Crippen LogP) is 3.99. The lowest BCUT2D eigenvalue weighted by atomic mass is 10.2. The third-order valence-electron chi connectivity index (χ3n) is 3.79. The van der Waals surface area contributed by atoms with Gasteiger partial charge in [-0.15, -0.1) is 0 Å². The fourth-order valence-corrected chi connectivity index (χ4v) is 2.49. The fraction of sp³-hybridized carbons (Fsp3) is 0.143. The summed E-state index contributed by atoms with van der Waals surface area (Å²) < 4.78 is 15.9. The third kappa shape index (κ3) is 5.62. The molecule has 0 aliphatic carbocycles. The highest BCUT2D eigenvalue weighted by atomic mass is 35.5. The second-order valence-corrected chi connectivity index (χ2v) is 6.28. The van der Waals surface area contributed by atoms with Crippen molar-refractivity contribution in [3.8, 4) is 5.75 Å². The van der Waals surface area contributed by atoms with Crippen molar-refractivity contribution < 1.29 is 23.5 Å². The number of hydrogen-bond acceptors (Lipinski definition) is 5. The molecular weight excluding hydrogens is 382 g/mol. The highest BCUT2D eigenvalue weighted by Gasteiger charge is 2.15. The van der Waals surface area contributed by atoms with E-state index in [1.165, 1.54) is 6.26 Å². The predicted molar refractivity (Wildman–Crippen MR) is 103 cm³/mol. The molecule has 2 aromatic carbocycles. The van der Waals surface area contributed by atoms with Crippen LogP contribution < -0.4 is 10.1 Å². The maximum Gasteiger partial charge on any atom is 0.342 e. The molecule has 0 atom stereocenters. The number of hydrogen-bond donors (Lipinski definition) is 1. The van der Waals surface area contributed by atoms with Crippen LogP contribution in [-0.4, -0.2) is 18.5 Å². The van der Waals surface area contributed by atoms with E-state index in [-0.39, 0.29) is 18.7 Å². The number of ether oxygens (including phenoxy) is 2. The van der Waals surface area contributed by atoms with Gasteiger partial charge in [-0.2, -0.15) is 0 Å². The molecule has 0 saturated carbocycles. The molecule has 1 amide bonds. The Bertz CT molecular complexity index is 922. The van der Waals surface area contributed by atoms with Crippen molar-refractivity contribution in [1.82, 2.24) is 5.32 Å². The Morgan fingerprint density at radius 2 is 1.79 bits per heavy atom. The minimum atomic E-state index is -0.639. The van der Waals surface area contributed by atoms with Crippen molar-refractivity contribution in [1.29, 1.82) is 0 Å². The standard InChI is InChI=1S/C21H18ClNO5/c22-16-9-7-15(8-10-16)13-27-19-6-2-1-5-18(19)21(25)28-14-20(24)23-12-17-4-3-11-26-17/h1-11H,12-14H2,(H,23,24). The maximum absolute atomic E-state index is 12.3. The average molecular weight is 400 g/mol. The van der Waals surface area contributed by atoms with Gasteiger partial charge in [0.2, 0.25) is 0 Å². The van der Waals surface area contributed by atoms with E-state index >= 15 is 0 Å². The number of rotatable bonds is 8. The van der Waals surface area contributed by atoms with Gasteiger partial charge >= 0.3 is 5.97 Å². The number of esters is 1. The molecule has 7 heteroatoms. The summed E-state index contributed by atoms with van der Waals surface area (Å²) in [5.41, 5.74) is 1.15. The highest BCUT2D eigenvalue weighted by molar-refractivity contribution is 6.30. The van der Waals surface area contributed by atoms with Gasteiger partial charge in [-0.3, -0.25) is 4.79 Å². The molecule has 0 radical (unpaired) electrons. The quantitative estimate of drug-likeness (QED) is 0.579. The molecule has 3 rings (SSSR count). The largest absolute Gasteiger partial charge is 0.488 e. The van der Waals surface area contributed by atoms with E-state index in [4.69, 9.17) is 25.5 Å². The number of para-hydroxylation sites is 1. The summed E-state index contributed by atoms with van der Waals surface area (Å²) >= 11 is 5.87. The first kappa shape index (κ1) is 19.5. The zero-order chi connectivity index (χ0) is 19.8. The summed E-state index contributed by atoms with van der Waals surface area (Å²) in [6, 6.07) is 17.4. The van der Waals surface area contributed by atoms with Gasteiger partial charge in [-0.25, -0.2) is 4.79 Å². The molecule has 1 N–H and O–H groups in total. The van der Waals surface area contributed by atoms with Crippen molar-refractivity contribution >= 4 is 23.5 Å². The summed E-state index contributed by atoms with van der Waals surface area (Å²) in [5, 5.41) is 3.24. The summed E-state index contributed by atoms with van der Waals surface area (Å²) in [7, 11) is 0. The number of furan rings is 1. The SMILES string of the molecule is O=C(COC(=O)c1ccccc1OCc1ccc(Cl)cc1)NCc1ccco1.